The Kier molecular flexibility index (Phi) is 4.43. The van der Waals surface area contributed by atoms with Gasteiger partial charge in [-0.25, -0.2) is 4.68 Å². The lowest BCUT2D eigenvalue weighted by molar-refractivity contribution is -0.0507. The second-order valence-electron chi connectivity index (χ2n) is 5.53. The van der Waals surface area contributed by atoms with E-state index in [9.17, 15) is 8.78 Å². The molecular weight excluding hydrogens is 414 g/mol. The average Bonchev–Trinajstić information content (AvgIpc) is 3.22. The zero-order valence-corrected chi connectivity index (χ0v) is 15.2. The van der Waals surface area contributed by atoms with Gasteiger partial charge in [0, 0.05) is 10.4 Å². The number of hydrogen-bond acceptors (Lipinski definition) is 5. The van der Waals surface area contributed by atoms with E-state index in [0.717, 1.165) is 8.66 Å². The summed E-state index contributed by atoms with van der Waals surface area (Å²) in [6, 6.07) is 10.6. The molecule has 0 aliphatic carbocycles. The maximum atomic E-state index is 12.8. The van der Waals surface area contributed by atoms with Crippen LogP contribution in [0.15, 0.2) is 46.5 Å². The molecular formula is C16H13BrF2N4OS. The van der Waals surface area contributed by atoms with Gasteiger partial charge in [0.2, 0.25) is 5.95 Å². The van der Waals surface area contributed by atoms with Crippen LogP contribution >= 0.6 is 27.3 Å². The smallest absolute Gasteiger partial charge is 0.387 e. The van der Waals surface area contributed by atoms with Crippen molar-refractivity contribution in [2.24, 2.45) is 0 Å². The highest BCUT2D eigenvalue weighted by Crippen LogP contribution is 2.42. The van der Waals surface area contributed by atoms with E-state index in [1.54, 1.807) is 34.2 Å². The van der Waals surface area contributed by atoms with Gasteiger partial charge in [-0.3, -0.25) is 0 Å². The van der Waals surface area contributed by atoms with Gasteiger partial charge in [0.15, 0.2) is 0 Å². The summed E-state index contributed by atoms with van der Waals surface area (Å²) in [7, 11) is 0. The molecule has 9 heteroatoms. The minimum Gasteiger partial charge on any atom is -0.434 e. The highest BCUT2D eigenvalue weighted by molar-refractivity contribution is 9.11. The predicted octanol–water partition coefficient (Wildman–Crippen LogP) is 4.85. The van der Waals surface area contributed by atoms with Gasteiger partial charge in [-0.15, -0.1) is 11.3 Å². The molecule has 1 aromatic carbocycles. The van der Waals surface area contributed by atoms with Crippen LogP contribution < -0.4 is 10.1 Å². The van der Waals surface area contributed by atoms with Gasteiger partial charge in [-0.05, 0) is 40.5 Å². The minimum absolute atomic E-state index is 0.0117. The summed E-state index contributed by atoms with van der Waals surface area (Å²) in [4.78, 5) is 5.39. The molecule has 1 aliphatic heterocycles. The standard InChI is InChI=1S/C16H13BrF2N4OS/c17-14-6-5-13(25-14)10-7-11(23-16(22-10)20-8-21-23)9-3-1-2-4-12(9)24-15(18)19/h1-6,8,10-11,15H,7H2,(H,20,21,22)/t10-,11-/m0/s1. The molecule has 1 aliphatic rings. The first-order valence-electron chi connectivity index (χ1n) is 7.57. The number of ether oxygens (including phenoxy) is 1. The fraction of sp³-hybridized carbons (Fsp3) is 0.250. The van der Waals surface area contributed by atoms with Crippen LogP contribution in [0.4, 0.5) is 14.7 Å². The predicted molar refractivity (Wildman–Crippen MR) is 94.2 cm³/mol. The molecule has 0 amide bonds. The Labute approximate surface area is 154 Å². The van der Waals surface area contributed by atoms with Gasteiger partial charge in [0.25, 0.3) is 0 Å². The van der Waals surface area contributed by atoms with E-state index in [4.69, 9.17) is 4.74 Å². The zero-order valence-electron chi connectivity index (χ0n) is 12.8. The average molecular weight is 427 g/mol. The highest BCUT2D eigenvalue weighted by Gasteiger charge is 2.32. The third kappa shape index (κ3) is 3.25. The van der Waals surface area contributed by atoms with Crippen LogP contribution in [0.3, 0.4) is 0 Å². The molecule has 2 atom stereocenters. The van der Waals surface area contributed by atoms with E-state index in [1.165, 1.54) is 6.33 Å². The van der Waals surface area contributed by atoms with E-state index >= 15 is 0 Å². The third-order valence-corrected chi connectivity index (χ3v) is 5.80. The number of fused-ring (bicyclic) bond motifs is 1. The van der Waals surface area contributed by atoms with Crippen molar-refractivity contribution in [2.45, 2.75) is 25.1 Å². The van der Waals surface area contributed by atoms with Crippen molar-refractivity contribution in [1.82, 2.24) is 14.8 Å². The van der Waals surface area contributed by atoms with Crippen molar-refractivity contribution < 1.29 is 13.5 Å². The number of nitrogens with zero attached hydrogens (tertiary/aromatic N) is 3. The number of aromatic nitrogens is 3. The molecule has 2 aromatic heterocycles. The molecule has 0 fully saturated rings. The number of hydrogen-bond donors (Lipinski definition) is 1. The van der Waals surface area contributed by atoms with Crippen molar-refractivity contribution in [3.05, 3.63) is 57.0 Å². The molecule has 3 heterocycles. The van der Waals surface area contributed by atoms with Crippen molar-refractivity contribution in [2.75, 3.05) is 5.32 Å². The molecule has 0 spiro atoms. The fourth-order valence-electron chi connectivity index (χ4n) is 3.04. The van der Waals surface area contributed by atoms with E-state index in [2.05, 4.69) is 31.3 Å². The van der Waals surface area contributed by atoms with E-state index in [0.29, 0.717) is 17.9 Å². The fourth-order valence-corrected chi connectivity index (χ4v) is 4.53. The van der Waals surface area contributed by atoms with Crippen LogP contribution in [0.1, 0.15) is 28.9 Å². The van der Waals surface area contributed by atoms with Crippen LogP contribution in [0, 0.1) is 0 Å². The van der Waals surface area contributed by atoms with Gasteiger partial charge < -0.3 is 10.1 Å². The largest absolute Gasteiger partial charge is 0.434 e. The first-order valence-corrected chi connectivity index (χ1v) is 9.18. The van der Waals surface area contributed by atoms with Gasteiger partial charge in [0.1, 0.15) is 12.1 Å². The van der Waals surface area contributed by atoms with Crippen molar-refractivity contribution >= 4 is 33.2 Å². The minimum atomic E-state index is -2.87. The van der Waals surface area contributed by atoms with Crippen molar-refractivity contribution in [1.29, 1.82) is 0 Å². The number of para-hydroxylation sites is 1. The molecule has 0 radical (unpaired) electrons. The number of halogens is 3. The lowest BCUT2D eigenvalue weighted by Crippen LogP contribution is -2.28. The lowest BCUT2D eigenvalue weighted by Gasteiger charge is -2.31. The number of anilines is 1. The number of thiophene rings is 1. The summed E-state index contributed by atoms with van der Waals surface area (Å²) in [6.45, 7) is -2.87. The molecule has 25 heavy (non-hydrogen) atoms. The second kappa shape index (κ2) is 6.72. The van der Waals surface area contributed by atoms with Gasteiger partial charge in [0.05, 0.1) is 15.9 Å². The van der Waals surface area contributed by atoms with Crippen LogP contribution in [0.2, 0.25) is 0 Å². The first kappa shape index (κ1) is 16.5. The molecule has 0 saturated carbocycles. The zero-order chi connectivity index (χ0) is 17.4. The molecule has 0 unspecified atom stereocenters. The normalized spacial score (nSPS) is 19.5. The monoisotopic (exact) mass is 426 g/mol. The summed E-state index contributed by atoms with van der Waals surface area (Å²) in [5.74, 6) is 0.773. The van der Waals surface area contributed by atoms with E-state index < -0.39 is 6.61 Å². The molecule has 5 nitrogen and oxygen atoms in total. The Balaban J connectivity index is 1.74. The molecule has 130 valence electrons. The Morgan fingerprint density at radius 3 is 2.88 bits per heavy atom. The van der Waals surface area contributed by atoms with Gasteiger partial charge in [-0.2, -0.15) is 18.9 Å². The highest BCUT2D eigenvalue weighted by atomic mass is 79.9. The van der Waals surface area contributed by atoms with Gasteiger partial charge >= 0.3 is 6.61 Å². The summed E-state index contributed by atoms with van der Waals surface area (Å²) in [6.07, 6.45) is 2.10. The number of rotatable bonds is 4. The van der Waals surface area contributed by atoms with Crippen LogP contribution in [0.5, 0.6) is 5.75 Å². The van der Waals surface area contributed by atoms with Gasteiger partial charge in [-0.1, -0.05) is 18.2 Å². The Hall–Kier alpha value is -2.00. The summed E-state index contributed by atoms with van der Waals surface area (Å²) in [5.41, 5.74) is 0.664. The SMILES string of the molecule is FC(F)Oc1ccccc1[C@@H]1C[C@@H](c2ccc(Br)s2)Nc2ncnn21. The molecule has 1 N–H and O–H groups in total. The summed E-state index contributed by atoms with van der Waals surface area (Å²) < 4.78 is 33.0. The Bertz CT molecular complexity index is 884. The third-order valence-electron chi connectivity index (χ3n) is 4.06. The van der Waals surface area contributed by atoms with E-state index in [-0.39, 0.29) is 17.8 Å². The van der Waals surface area contributed by atoms with Crippen LogP contribution in [-0.2, 0) is 0 Å². The van der Waals surface area contributed by atoms with Crippen LogP contribution in [-0.4, -0.2) is 21.4 Å². The second-order valence-corrected chi connectivity index (χ2v) is 8.03. The first-order chi connectivity index (χ1) is 12.1. The number of nitrogens with one attached hydrogen (secondary N) is 1. The summed E-state index contributed by atoms with van der Waals surface area (Å²) >= 11 is 5.11. The summed E-state index contributed by atoms with van der Waals surface area (Å²) in [5, 5.41) is 7.62. The van der Waals surface area contributed by atoms with E-state index in [1.807, 2.05) is 18.2 Å². The molecule has 4 rings (SSSR count). The topological polar surface area (TPSA) is 52.0 Å². The number of alkyl halides is 2. The molecule has 0 saturated heterocycles. The van der Waals surface area contributed by atoms with Crippen molar-refractivity contribution in [3.63, 3.8) is 0 Å². The number of benzene rings is 1. The molecule has 3 aromatic rings. The Morgan fingerprint density at radius 2 is 2.12 bits per heavy atom. The maximum absolute atomic E-state index is 12.8. The lowest BCUT2D eigenvalue weighted by atomic mass is 9.96. The quantitative estimate of drug-likeness (QED) is 0.647. The van der Waals surface area contributed by atoms with Crippen LogP contribution in [0.25, 0.3) is 0 Å². The molecule has 0 bridgehead atoms. The van der Waals surface area contributed by atoms with Crippen molar-refractivity contribution in [3.8, 4) is 5.75 Å². The maximum Gasteiger partial charge on any atom is 0.387 e. The Morgan fingerprint density at radius 1 is 1.28 bits per heavy atom.